The largest absolute Gasteiger partial charge is 0.369 e. The Hall–Kier alpha value is -2.78. The summed E-state index contributed by atoms with van der Waals surface area (Å²) < 4.78 is 1.89. The Balaban J connectivity index is 1.81. The number of aromatic nitrogens is 2. The minimum atomic E-state index is -0.305. The van der Waals surface area contributed by atoms with Crippen LogP contribution < -0.4 is 5.73 Å². The van der Waals surface area contributed by atoms with E-state index in [9.17, 15) is 5.26 Å². The number of hydrogen-bond donors (Lipinski definition) is 1. The van der Waals surface area contributed by atoms with E-state index in [1.807, 2.05) is 47.1 Å². The van der Waals surface area contributed by atoms with E-state index in [4.69, 9.17) is 5.73 Å². The molecule has 0 fully saturated rings. The minimum absolute atomic E-state index is 0.0284. The van der Waals surface area contributed by atoms with Crippen molar-refractivity contribution in [2.24, 2.45) is 10.9 Å². The summed E-state index contributed by atoms with van der Waals surface area (Å²) >= 11 is 1.67. The van der Waals surface area contributed by atoms with Crippen LogP contribution >= 0.6 is 11.8 Å². The van der Waals surface area contributed by atoms with Crippen LogP contribution in [0.15, 0.2) is 59.6 Å². The van der Waals surface area contributed by atoms with Crippen LogP contribution in [-0.2, 0) is 0 Å². The Morgan fingerprint density at radius 1 is 1.40 bits per heavy atom. The molecule has 2 heterocycles. The average Bonchev–Trinajstić information content (AvgIpc) is 3.23. The van der Waals surface area contributed by atoms with E-state index < -0.39 is 0 Å². The van der Waals surface area contributed by atoms with E-state index in [0.717, 1.165) is 39.6 Å². The molecule has 4 rings (SSSR count). The zero-order chi connectivity index (χ0) is 17.4. The second-order valence-corrected chi connectivity index (χ2v) is 7.08. The van der Waals surface area contributed by atoms with Crippen LogP contribution in [-0.4, -0.2) is 27.0 Å². The molecule has 0 radical (unpaired) electrons. The average molecular weight is 347 g/mol. The first-order valence-corrected chi connectivity index (χ1v) is 9.06. The van der Waals surface area contributed by atoms with E-state index in [0.29, 0.717) is 5.95 Å². The number of imidazole rings is 1. The summed E-state index contributed by atoms with van der Waals surface area (Å²) in [7, 11) is 0. The Kier molecular flexibility index (Phi) is 3.94. The van der Waals surface area contributed by atoms with Gasteiger partial charge in [0.25, 0.3) is 0 Å². The van der Waals surface area contributed by atoms with E-state index in [1.54, 1.807) is 11.8 Å². The number of nitrogens with zero attached hydrogens (tertiary/aromatic N) is 4. The van der Waals surface area contributed by atoms with Gasteiger partial charge in [-0.15, -0.1) is 0 Å². The zero-order valence-electron chi connectivity index (χ0n) is 13.6. The first-order valence-electron chi connectivity index (χ1n) is 8.08. The first-order chi connectivity index (χ1) is 12.2. The number of nitrogen functional groups attached to an aromatic ring is 1. The molecule has 5 nitrogen and oxygen atoms in total. The van der Waals surface area contributed by atoms with Crippen LogP contribution in [0.5, 0.6) is 0 Å². The molecule has 0 bridgehead atoms. The molecule has 25 heavy (non-hydrogen) atoms. The van der Waals surface area contributed by atoms with Crippen LogP contribution in [0.4, 0.5) is 5.95 Å². The summed E-state index contributed by atoms with van der Waals surface area (Å²) in [5.74, 6) is 1.05. The molecule has 1 aromatic heterocycles. The summed E-state index contributed by atoms with van der Waals surface area (Å²) in [5, 5.41) is 10.7. The molecule has 2 aromatic rings. The molecule has 2 atom stereocenters. The van der Waals surface area contributed by atoms with Gasteiger partial charge < -0.3 is 5.73 Å². The van der Waals surface area contributed by atoms with E-state index in [2.05, 4.69) is 22.6 Å². The molecule has 6 heteroatoms. The fraction of sp³-hybridized carbons (Fsp3) is 0.211. The number of thioether (sulfide) groups is 1. The highest BCUT2D eigenvalue weighted by atomic mass is 32.2. The predicted octanol–water partition coefficient (Wildman–Crippen LogP) is 3.47. The van der Waals surface area contributed by atoms with Crippen LogP contribution in [0.2, 0.25) is 0 Å². The second kappa shape index (κ2) is 6.26. The molecule has 2 unspecified atom stereocenters. The maximum atomic E-state index is 9.78. The fourth-order valence-corrected chi connectivity index (χ4v) is 4.12. The number of nitrogens with two attached hydrogens (primary N) is 1. The lowest BCUT2D eigenvalue weighted by molar-refractivity contribution is 0.692. The lowest BCUT2D eigenvalue weighted by atomic mass is 9.80. The maximum Gasteiger partial charge on any atom is 0.207 e. The number of hydrogen-bond acceptors (Lipinski definition) is 5. The smallest absolute Gasteiger partial charge is 0.207 e. The zero-order valence-corrected chi connectivity index (χ0v) is 14.4. The van der Waals surface area contributed by atoms with Crippen molar-refractivity contribution in [3.8, 4) is 6.07 Å². The van der Waals surface area contributed by atoms with Crippen molar-refractivity contribution in [2.45, 2.75) is 5.92 Å². The molecular formula is C19H17N5S. The number of fused-ring (bicyclic) bond motifs is 1. The third-order valence-corrected chi connectivity index (χ3v) is 5.45. The monoisotopic (exact) mass is 347 g/mol. The van der Waals surface area contributed by atoms with Crippen LogP contribution in [0.3, 0.4) is 0 Å². The van der Waals surface area contributed by atoms with E-state index in [-0.39, 0.29) is 11.8 Å². The first kappa shape index (κ1) is 15.7. The van der Waals surface area contributed by atoms with Crippen LogP contribution in [0, 0.1) is 17.2 Å². The summed E-state index contributed by atoms with van der Waals surface area (Å²) in [6.07, 6.45) is 7.90. The van der Waals surface area contributed by atoms with Crippen molar-refractivity contribution in [3.63, 3.8) is 0 Å². The highest BCUT2D eigenvalue weighted by Gasteiger charge is 2.25. The van der Waals surface area contributed by atoms with Crippen LogP contribution in [0.1, 0.15) is 11.5 Å². The Bertz CT molecular complexity index is 989. The number of benzene rings is 1. The SMILES string of the molecule is C=C1C=CC=CC1C(C#N)c1ccc2nc(N)n(C3=NCCS3)c2c1. The summed E-state index contributed by atoms with van der Waals surface area (Å²) in [4.78, 5) is 8.94. The quantitative estimate of drug-likeness (QED) is 0.902. The van der Waals surface area contributed by atoms with Crippen molar-refractivity contribution < 1.29 is 0 Å². The number of rotatable bonds is 2. The summed E-state index contributed by atoms with van der Waals surface area (Å²) in [6, 6.07) is 8.32. The van der Waals surface area contributed by atoms with Gasteiger partial charge in [-0.05, 0) is 23.3 Å². The van der Waals surface area contributed by atoms with E-state index >= 15 is 0 Å². The minimum Gasteiger partial charge on any atom is -0.369 e. The second-order valence-electron chi connectivity index (χ2n) is 6.02. The Labute approximate surface area is 150 Å². The van der Waals surface area contributed by atoms with Crippen molar-refractivity contribution in [1.29, 1.82) is 5.26 Å². The normalized spacial score (nSPS) is 20.7. The van der Waals surface area contributed by atoms with Gasteiger partial charge in [0.05, 0.1) is 29.6 Å². The number of anilines is 1. The standard InChI is InChI=1S/C19H17N5S/c1-12-4-2-3-5-14(12)15(11-20)13-6-7-16-17(10-13)24(18(21)23-16)19-22-8-9-25-19/h2-7,10,14-15H,1,8-9H2,(H2,21,23). The van der Waals surface area contributed by atoms with Crippen LogP contribution in [0.25, 0.3) is 11.0 Å². The Morgan fingerprint density at radius 2 is 2.28 bits per heavy atom. The maximum absolute atomic E-state index is 9.78. The van der Waals surface area contributed by atoms with Crippen molar-refractivity contribution in [2.75, 3.05) is 18.0 Å². The van der Waals surface area contributed by atoms with Gasteiger partial charge in [-0.3, -0.25) is 9.56 Å². The predicted molar refractivity (Wildman–Crippen MR) is 104 cm³/mol. The lowest BCUT2D eigenvalue weighted by Crippen LogP contribution is -2.13. The molecule has 0 saturated heterocycles. The van der Waals surface area contributed by atoms with Gasteiger partial charge >= 0.3 is 0 Å². The third-order valence-electron chi connectivity index (χ3n) is 4.49. The molecule has 0 saturated carbocycles. The molecule has 0 amide bonds. The topological polar surface area (TPSA) is 80.0 Å². The molecular weight excluding hydrogens is 330 g/mol. The van der Waals surface area contributed by atoms with Crippen molar-refractivity contribution >= 4 is 33.9 Å². The highest BCUT2D eigenvalue weighted by Crippen LogP contribution is 2.34. The van der Waals surface area contributed by atoms with Gasteiger partial charge in [-0.2, -0.15) is 5.26 Å². The van der Waals surface area contributed by atoms with Gasteiger partial charge in [0.1, 0.15) is 0 Å². The van der Waals surface area contributed by atoms with Crippen molar-refractivity contribution in [1.82, 2.24) is 9.55 Å². The molecule has 0 spiro atoms. The van der Waals surface area contributed by atoms with Gasteiger partial charge in [0.15, 0.2) is 5.17 Å². The van der Waals surface area contributed by atoms with Gasteiger partial charge in [0.2, 0.25) is 5.95 Å². The molecule has 1 aliphatic carbocycles. The third kappa shape index (κ3) is 2.67. The number of allylic oxidation sites excluding steroid dienone is 5. The number of nitriles is 1. The van der Waals surface area contributed by atoms with Gasteiger partial charge in [-0.25, -0.2) is 4.98 Å². The molecule has 1 aliphatic heterocycles. The fourth-order valence-electron chi connectivity index (χ4n) is 3.25. The van der Waals surface area contributed by atoms with Gasteiger partial charge in [-0.1, -0.05) is 48.7 Å². The molecule has 124 valence electrons. The molecule has 2 aliphatic rings. The molecule has 2 N–H and O–H groups in total. The Morgan fingerprint density at radius 3 is 3.00 bits per heavy atom. The highest BCUT2D eigenvalue weighted by molar-refractivity contribution is 8.14. The van der Waals surface area contributed by atoms with E-state index in [1.165, 1.54) is 0 Å². The summed E-state index contributed by atoms with van der Waals surface area (Å²) in [6.45, 7) is 4.88. The number of aliphatic imine (C=N–C) groups is 1. The lowest BCUT2D eigenvalue weighted by Gasteiger charge is -2.21. The van der Waals surface area contributed by atoms with Gasteiger partial charge in [0, 0.05) is 11.7 Å². The van der Waals surface area contributed by atoms with Crippen molar-refractivity contribution in [3.05, 3.63) is 60.2 Å². The summed E-state index contributed by atoms with van der Waals surface area (Å²) in [5.41, 5.74) is 9.70. The molecule has 1 aromatic carbocycles.